The van der Waals surface area contributed by atoms with Crippen LogP contribution in [0.1, 0.15) is 10.4 Å². The molecule has 0 atom stereocenters. The van der Waals surface area contributed by atoms with Crippen LogP contribution in [-0.4, -0.2) is 72.5 Å². The molecule has 8 nitrogen and oxygen atoms in total. The Morgan fingerprint density at radius 3 is 2.43 bits per heavy atom. The molecule has 1 aliphatic rings. The van der Waals surface area contributed by atoms with Gasteiger partial charge in [-0.25, -0.2) is 9.97 Å². The number of nitrogens with one attached hydrogen (secondary N) is 2. The van der Waals surface area contributed by atoms with E-state index in [9.17, 15) is 9.59 Å². The van der Waals surface area contributed by atoms with Crippen LogP contribution in [0.15, 0.2) is 42.7 Å². The van der Waals surface area contributed by atoms with E-state index in [0.29, 0.717) is 17.1 Å². The number of carbonyl (C=O) groups excluding carboxylic acids is 2. The predicted molar refractivity (Wildman–Crippen MR) is 107 cm³/mol. The molecule has 9 heteroatoms. The number of hydrogen-bond acceptors (Lipinski definition) is 6. The number of rotatable bonds is 7. The summed E-state index contributed by atoms with van der Waals surface area (Å²) in [5.74, 6) is 0.168. The van der Waals surface area contributed by atoms with E-state index in [2.05, 4.69) is 30.4 Å². The van der Waals surface area contributed by atoms with Crippen molar-refractivity contribution in [2.45, 2.75) is 0 Å². The minimum atomic E-state index is -0.361. The highest BCUT2D eigenvalue weighted by Gasteiger charge is 2.18. The van der Waals surface area contributed by atoms with Crippen molar-refractivity contribution in [2.24, 2.45) is 0 Å². The molecule has 2 amide bonds. The van der Waals surface area contributed by atoms with E-state index in [-0.39, 0.29) is 18.4 Å². The lowest BCUT2D eigenvalue weighted by Gasteiger charge is -2.34. The second-order valence-electron chi connectivity index (χ2n) is 6.39. The van der Waals surface area contributed by atoms with Gasteiger partial charge < -0.3 is 15.5 Å². The second-order valence-corrected chi connectivity index (χ2v) is 6.80. The first kappa shape index (κ1) is 20.0. The summed E-state index contributed by atoms with van der Waals surface area (Å²) in [5.41, 5.74) is 0.359. The van der Waals surface area contributed by atoms with Crippen LogP contribution in [0.4, 0.5) is 5.95 Å². The summed E-state index contributed by atoms with van der Waals surface area (Å²) >= 11 is 5.98. The van der Waals surface area contributed by atoms with Gasteiger partial charge in [0.15, 0.2) is 0 Å². The summed E-state index contributed by atoms with van der Waals surface area (Å²) in [6.07, 6.45) is 3.49. The molecular formula is C19H23ClN6O2. The Labute approximate surface area is 168 Å². The van der Waals surface area contributed by atoms with Crippen LogP contribution >= 0.6 is 11.6 Å². The maximum Gasteiger partial charge on any atom is 0.253 e. The molecule has 0 saturated carbocycles. The van der Waals surface area contributed by atoms with Gasteiger partial charge in [-0.15, -0.1) is 0 Å². The average Bonchev–Trinajstić information content (AvgIpc) is 2.73. The molecule has 2 N–H and O–H groups in total. The molecule has 2 aromatic rings. The molecule has 1 aromatic carbocycles. The van der Waals surface area contributed by atoms with Gasteiger partial charge in [-0.3, -0.25) is 14.5 Å². The molecule has 0 radical (unpaired) electrons. The summed E-state index contributed by atoms with van der Waals surface area (Å²) in [7, 11) is 0. The zero-order valence-electron chi connectivity index (χ0n) is 15.5. The SMILES string of the molecule is O=C(CNC(=O)c1ccccc1Cl)NCCN1CCN(c2ncccn2)CC1. The summed E-state index contributed by atoms with van der Waals surface area (Å²) in [4.78, 5) is 37.0. The smallest absolute Gasteiger partial charge is 0.253 e. The lowest BCUT2D eigenvalue weighted by atomic mass is 10.2. The summed E-state index contributed by atoms with van der Waals surface area (Å²) in [6.45, 7) is 4.69. The second kappa shape index (κ2) is 10.0. The van der Waals surface area contributed by atoms with E-state index in [1.54, 1.807) is 42.7 Å². The van der Waals surface area contributed by atoms with Crippen LogP contribution in [0.2, 0.25) is 5.02 Å². The van der Waals surface area contributed by atoms with Gasteiger partial charge in [0.25, 0.3) is 5.91 Å². The maximum absolute atomic E-state index is 12.0. The van der Waals surface area contributed by atoms with E-state index in [0.717, 1.165) is 38.7 Å². The standard InChI is InChI=1S/C19H23ClN6O2/c20-16-5-2-1-4-15(16)18(28)24-14-17(27)21-8-9-25-10-12-26(13-11-25)19-22-6-3-7-23-19/h1-7H,8-14H2,(H,21,27)(H,24,28). The maximum atomic E-state index is 12.0. The van der Waals surface area contributed by atoms with Crippen LogP contribution in [0, 0.1) is 0 Å². The third kappa shape index (κ3) is 5.64. The lowest BCUT2D eigenvalue weighted by Crippen LogP contribution is -2.49. The van der Waals surface area contributed by atoms with Gasteiger partial charge in [-0.2, -0.15) is 0 Å². The number of amides is 2. The number of aromatic nitrogens is 2. The zero-order valence-corrected chi connectivity index (χ0v) is 16.2. The van der Waals surface area contributed by atoms with Crippen molar-refractivity contribution in [3.05, 3.63) is 53.3 Å². The molecule has 1 saturated heterocycles. The minimum absolute atomic E-state index is 0.0802. The van der Waals surface area contributed by atoms with Gasteiger partial charge in [-0.05, 0) is 18.2 Å². The Kier molecular flexibility index (Phi) is 7.16. The number of benzene rings is 1. The van der Waals surface area contributed by atoms with Gasteiger partial charge in [0.05, 0.1) is 17.1 Å². The van der Waals surface area contributed by atoms with Gasteiger partial charge in [0.2, 0.25) is 11.9 Å². The van der Waals surface area contributed by atoms with Gasteiger partial charge in [0.1, 0.15) is 0 Å². The molecule has 28 heavy (non-hydrogen) atoms. The average molecular weight is 403 g/mol. The Morgan fingerprint density at radius 1 is 1.00 bits per heavy atom. The van der Waals surface area contributed by atoms with Crippen LogP contribution < -0.4 is 15.5 Å². The van der Waals surface area contributed by atoms with Crippen LogP contribution in [-0.2, 0) is 4.79 Å². The monoisotopic (exact) mass is 402 g/mol. The molecule has 1 aromatic heterocycles. The van der Waals surface area contributed by atoms with Crippen molar-refractivity contribution in [3.8, 4) is 0 Å². The number of anilines is 1. The van der Waals surface area contributed by atoms with Crippen molar-refractivity contribution in [2.75, 3.05) is 50.7 Å². The molecule has 0 aliphatic carbocycles. The van der Waals surface area contributed by atoms with Gasteiger partial charge in [0, 0.05) is 51.7 Å². The largest absolute Gasteiger partial charge is 0.353 e. The number of hydrogen-bond donors (Lipinski definition) is 2. The number of piperazine rings is 1. The predicted octanol–water partition coefficient (Wildman–Crippen LogP) is 0.798. The Bertz CT molecular complexity index is 796. The highest BCUT2D eigenvalue weighted by atomic mass is 35.5. The molecule has 0 bridgehead atoms. The van der Waals surface area contributed by atoms with E-state index >= 15 is 0 Å². The van der Waals surface area contributed by atoms with Crippen LogP contribution in [0.5, 0.6) is 0 Å². The summed E-state index contributed by atoms with van der Waals surface area (Å²) in [5, 5.41) is 5.77. The Balaban J connectivity index is 1.32. The van der Waals surface area contributed by atoms with E-state index < -0.39 is 0 Å². The van der Waals surface area contributed by atoms with Crippen molar-refractivity contribution in [1.82, 2.24) is 25.5 Å². The highest BCUT2D eigenvalue weighted by molar-refractivity contribution is 6.33. The number of halogens is 1. The van der Waals surface area contributed by atoms with E-state index in [4.69, 9.17) is 11.6 Å². The van der Waals surface area contributed by atoms with Crippen molar-refractivity contribution < 1.29 is 9.59 Å². The summed E-state index contributed by atoms with van der Waals surface area (Å²) < 4.78 is 0. The molecule has 1 aliphatic heterocycles. The third-order valence-corrected chi connectivity index (χ3v) is 4.82. The normalized spacial score (nSPS) is 14.5. The topological polar surface area (TPSA) is 90.5 Å². The minimum Gasteiger partial charge on any atom is -0.353 e. The molecule has 2 heterocycles. The molecule has 3 rings (SSSR count). The van der Waals surface area contributed by atoms with Crippen LogP contribution in [0.3, 0.4) is 0 Å². The van der Waals surface area contributed by atoms with Crippen LogP contribution in [0.25, 0.3) is 0 Å². The Morgan fingerprint density at radius 2 is 1.71 bits per heavy atom. The first-order chi connectivity index (χ1) is 13.6. The fourth-order valence-corrected chi connectivity index (χ4v) is 3.16. The molecular weight excluding hydrogens is 380 g/mol. The first-order valence-electron chi connectivity index (χ1n) is 9.17. The zero-order chi connectivity index (χ0) is 19.8. The van der Waals surface area contributed by atoms with Gasteiger partial charge in [-0.1, -0.05) is 23.7 Å². The highest BCUT2D eigenvalue weighted by Crippen LogP contribution is 2.14. The third-order valence-electron chi connectivity index (χ3n) is 4.49. The van der Waals surface area contributed by atoms with E-state index in [1.807, 2.05) is 0 Å². The number of carbonyl (C=O) groups is 2. The molecule has 1 fully saturated rings. The summed E-state index contributed by atoms with van der Waals surface area (Å²) in [6, 6.07) is 8.54. The lowest BCUT2D eigenvalue weighted by molar-refractivity contribution is -0.120. The fraction of sp³-hybridized carbons (Fsp3) is 0.368. The first-order valence-corrected chi connectivity index (χ1v) is 9.55. The van der Waals surface area contributed by atoms with E-state index in [1.165, 1.54) is 0 Å². The fourth-order valence-electron chi connectivity index (χ4n) is 2.94. The number of nitrogens with zero attached hydrogens (tertiary/aromatic N) is 4. The Hall–Kier alpha value is -2.71. The molecule has 148 valence electrons. The van der Waals surface area contributed by atoms with Crippen molar-refractivity contribution in [1.29, 1.82) is 0 Å². The quantitative estimate of drug-likeness (QED) is 0.712. The van der Waals surface area contributed by atoms with Crippen molar-refractivity contribution in [3.63, 3.8) is 0 Å². The van der Waals surface area contributed by atoms with Gasteiger partial charge >= 0.3 is 0 Å². The van der Waals surface area contributed by atoms with Crippen molar-refractivity contribution >= 4 is 29.4 Å². The molecule has 0 spiro atoms. The molecule has 0 unspecified atom stereocenters.